The molecule has 100 valence electrons. The predicted octanol–water partition coefficient (Wildman–Crippen LogP) is 2.12. The molecule has 0 aliphatic rings. The Morgan fingerprint density at radius 3 is 2.53 bits per heavy atom. The summed E-state index contributed by atoms with van der Waals surface area (Å²) in [5, 5.41) is 6.28. The molecule has 0 fully saturated rings. The van der Waals surface area contributed by atoms with Crippen LogP contribution in [0.15, 0.2) is 51.3 Å². The van der Waals surface area contributed by atoms with Crippen molar-refractivity contribution in [2.24, 2.45) is 5.14 Å². The molecule has 0 amide bonds. The van der Waals surface area contributed by atoms with Gasteiger partial charge in [-0.3, -0.25) is 0 Å². The summed E-state index contributed by atoms with van der Waals surface area (Å²) >= 11 is 6.91. The fraction of sp³-hybridized carbons (Fsp3) is 0. The third kappa shape index (κ3) is 3.60. The summed E-state index contributed by atoms with van der Waals surface area (Å²) in [6.45, 7) is 0. The number of nitrogens with zero attached hydrogens (tertiary/aromatic N) is 1. The SMILES string of the molecule is Nc1ccc(Sc2ccc(Cl)cn2)c(S(N)(=O)=O)c1. The number of halogens is 1. The molecule has 0 radical (unpaired) electrons. The van der Waals surface area contributed by atoms with E-state index in [1.807, 2.05) is 0 Å². The van der Waals surface area contributed by atoms with Crippen LogP contribution in [0.4, 0.5) is 5.69 Å². The quantitative estimate of drug-likeness (QED) is 0.845. The van der Waals surface area contributed by atoms with Crippen molar-refractivity contribution in [1.29, 1.82) is 0 Å². The van der Waals surface area contributed by atoms with Gasteiger partial charge in [-0.25, -0.2) is 18.5 Å². The van der Waals surface area contributed by atoms with E-state index >= 15 is 0 Å². The number of hydrogen-bond acceptors (Lipinski definition) is 5. The minimum atomic E-state index is -3.84. The van der Waals surface area contributed by atoms with Crippen LogP contribution in [0.5, 0.6) is 0 Å². The molecule has 1 aromatic carbocycles. The van der Waals surface area contributed by atoms with Gasteiger partial charge in [0.2, 0.25) is 10.0 Å². The van der Waals surface area contributed by atoms with Crippen LogP contribution in [0.25, 0.3) is 0 Å². The maximum absolute atomic E-state index is 11.5. The average molecular weight is 316 g/mol. The molecule has 0 saturated carbocycles. The summed E-state index contributed by atoms with van der Waals surface area (Å²) < 4.78 is 23.0. The molecule has 0 spiro atoms. The number of nitrogens with two attached hydrogens (primary N) is 2. The Bertz CT molecular complexity index is 702. The van der Waals surface area contributed by atoms with Gasteiger partial charge in [-0.2, -0.15) is 0 Å². The lowest BCUT2D eigenvalue weighted by Gasteiger charge is -2.07. The van der Waals surface area contributed by atoms with E-state index in [0.717, 1.165) is 0 Å². The van der Waals surface area contributed by atoms with Crippen LogP contribution in [0.2, 0.25) is 5.02 Å². The number of rotatable bonds is 3. The highest BCUT2D eigenvalue weighted by Crippen LogP contribution is 2.32. The average Bonchev–Trinajstić information content (AvgIpc) is 2.33. The minimum Gasteiger partial charge on any atom is -0.399 e. The Kier molecular flexibility index (Phi) is 4.00. The van der Waals surface area contributed by atoms with Gasteiger partial charge in [0.1, 0.15) is 5.03 Å². The maximum Gasteiger partial charge on any atom is 0.239 e. The van der Waals surface area contributed by atoms with E-state index in [-0.39, 0.29) is 4.90 Å². The van der Waals surface area contributed by atoms with Crippen LogP contribution in [-0.4, -0.2) is 13.4 Å². The number of hydrogen-bond donors (Lipinski definition) is 2. The highest BCUT2D eigenvalue weighted by atomic mass is 35.5. The molecule has 4 N–H and O–H groups in total. The zero-order valence-electron chi connectivity index (χ0n) is 9.58. The third-order valence-electron chi connectivity index (χ3n) is 2.19. The molecule has 2 rings (SSSR count). The first-order valence-corrected chi connectivity index (χ1v) is 7.82. The van der Waals surface area contributed by atoms with Crippen molar-refractivity contribution in [3.63, 3.8) is 0 Å². The first-order valence-electron chi connectivity index (χ1n) is 5.08. The van der Waals surface area contributed by atoms with Gasteiger partial charge in [0, 0.05) is 16.8 Å². The molecule has 19 heavy (non-hydrogen) atoms. The second-order valence-electron chi connectivity index (χ2n) is 3.67. The fourth-order valence-electron chi connectivity index (χ4n) is 1.37. The second kappa shape index (κ2) is 5.38. The zero-order valence-corrected chi connectivity index (χ0v) is 12.0. The summed E-state index contributed by atoms with van der Waals surface area (Å²) in [6.07, 6.45) is 1.48. The van der Waals surface area contributed by atoms with Crippen molar-refractivity contribution in [3.8, 4) is 0 Å². The summed E-state index contributed by atoms with van der Waals surface area (Å²) in [5.74, 6) is 0. The van der Waals surface area contributed by atoms with E-state index < -0.39 is 10.0 Å². The first-order chi connectivity index (χ1) is 8.86. The summed E-state index contributed by atoms with van der Waals surface area (Å²) in [4.78, 5) is 4.53. The Morgan fingerprint density at radius 2 is 1.95 bits per heavy atom. The maximum atomic E-state index is 11.5. The van der Waals surface area contributed by atoms with Gasteiger partial charge in [-0.1, -0.05) is 23.4 Å². The molecule has 5 nitrogen and oxygen atoms in total. The molecular formula is C11H10ClN3O2S2. The van der Waals surface area contributed by atoms with Crippen molar-refractivity contribution in [3.05, 3.63) is 41.6 Å². The zero-order chi connectivity index (χ0) is 14.0. The Balaban J connectivity index is 2.43. The number of primary sulfonamides is 1. The van der Waals surface area contributed by atoms with E-state index in [1.165, 1.54) is 24.0 Å². The molecule has 0 bridgehead atoms. The van der Waals surface area contributed by atoms with E-state index in [1.54, 1.807) is 24.3 Å². The summed E-state index contributed by atoms with van der Waals surface area (Å²) in [6, 6.07) is 7.89. The van der Waals surface area contributed by atoms with Gasteiger partial charge in [0.15, 0.2) is 0 Å². The molecule has 0 aliphatic heterocycles. The van der Waals surface area contributed by atoms with Crippen molar-refractivity contribution < 1.29 is 8.42 Å². The highest BCUT2D eigenvalue weighted by Gasteiger charge is 2.15. The lowest BCUT2D eigenvalue weighted by molar-refractivity contribution is 0.596. The normalized spacial score (nSPS) is 11.5. The van der Waals surface area contributed by atoms with E-state index in [0.29, 0.717) is 20.6 Å². The van der Waals surface area contributed by atoms with Crippen molar-refractivity contribution in [2.45, 2.75) is 14.8 Å². The van der Waals surface area contributed by atoms with Gasteiger partial charge in [0.25, 0.3) is 0 Å². The summed E-state index contributed by atoms with van der Waals surface area (Å²) in [5.41, 5.74) is 5.91. The topological polar surface area (TPSA) is 99.1 Å². The number of sulfonamides is 1. The Hall–Kier alpha value is -1.28. The Labute approximate surface area is 120 Å². The largest absolute Gasteiger partial charge is 0.399 e. The van der Waals surface area contributed by atoms with E-state index in [9.17, 15) is 8.42 Å². The molecule has 0 unspecified atom stereocenters. The van der Waals surface area contributed by atoms with Gasteiger partial charge in [0.05, 0.1) is 9.92 Å². The van der Waals surface area contributed by atoms with Crippen molar-refractivity contribution >= 4 is 39.1 Å². The van der Waals surface area contributed by atoms with Gasteiger partial charge >= 0.3 is 0 Å². The van der Waals surface area contributed by atoms with Crippen LogP contribution in [0.1, 0.15) is 0 Å². The molecular weight excluding hydrogens is 306 g/mol. The van der Waals surface area contributed by atoms with Crippen molar-refractivity contribution in [2.75, 3.05) is 5.73 Å². The smallest absolute Gasteiger partial charge is 0.239 e. The van der Waals surface area contributed by atoms with Crippen LogP contribution in [-0.2, 0) is 10.0 Å². The van der Waals surface area contributed by atoms with Gasteiger partial charge in [-0.15, -0.1) is 0 Å². The molecule has 0 saturated heterocycles. The van der Waals surface area contributed by atoms with E-state index in [4.69, 9.17) is 22.5 Å². The lowest BCUT2D eigenvalue weighted by Crippen LogP contribution is -2.13. The van der Waals surface area contributed by atoms with Gasteiger partial charge < -0.3 is 5.73 Å². The highest BCUT2D eigenvalue weighted by molar-refractivity contribution is 8.00. The molecule has 0 aliphatic carbocycles. The number of nitrogen functional groups attached to an aromatic ring is 1. The standard InChI is InChI=1S/C11H10ClN3O2S2/c12-7-1-4-11(15-6-7)18-9-3-2-8(13)5-10(9)19(14,16)17/h1-6H,13H2,(H2,14,16,17). The second-order valence-corrected chi connectivity index (χ2v) is 6.70. The number of anilines is 1. The molecule has 0 atom stereocenters. The molecule has 1 heterocycles. The van der Waals surface area contributed by atoms with Crippen molar-refractivity contribution in [1.82, 2.24) is 4.98 Å². The minimum absolute atomic E-state index is 0.0192. The van der Waals surface area contributed by atoms with Crippen LogP contribution in [0, 0.1) is 0 Å². The van der Waals surface area contributed by atoms with Crippen LogP contribution >= 0.6 is 23.4 Å². The Morgan fingerprint density at radius 1 is 1.21 bits per heavy atom. The number of pyridine rings is 1. The number of aromatic nitrogens is 1. The number of benzene rings is 1. The van der Waals surface area contributed by atoms with Crippen LogP contribution in [0.3, 0.4) is 0 Å². The van der Waals surface area contributed by atoms with Gasteiger partial charge in [-0.05, 0) is 30.3 Å². The molecule has 8 heteroatoms. The monoisotopic (exact) mass is 315 g/mol. The first kappa shape index (κ1) is 14.1. The fourth-order valence-corrected chi connectivity index (χ4v) is 3.36. The summed E-state index contributed by atoms with van der Waals surface area (Å²) in [7, 11) is -3.84. The third-order valence-corrected chi connectivity index (χ3v) is 4.52. The lowest BCUT2D eigenvalue weighted by atomic mass is 10.3. The molecule has 2 aromatic rings. The van der Waals surface area contributed by atoms with Crippen LogP contribution < -0.4 is 10.9 Å². The molecule has 1 aromatic heterocycles. The predicted molar refractivity (Wildman–Crippen MR) is 75.6 cm³/mol. The van der Waals surface area contributed by atoms with E-state index in [2.05, 4.69) is 4.98 Å².